The van der Waals surface area contributed by atoms with E-state index in [0.717, 1.165) is 63.7 Å². The number of hydrogen-bond acceptors (Lipinski definition) is 6. The number of nitrogens with zero attached hydrogens (tertiary/aromatic N) is 2. The molecule has 47 heavy (non-hydrogen) atoms. The number of amides is 3. The smallest absolute Gasteiger partial charge is 0.242 e. The van der Waals surface area contributed by atoms with Crippen LogP contribution in [0.3, 0.4) is 0 Å². The van der Waals surface area contributed by atoms with E-state index in [1.807, 2.05) is 30.3 Å². The highest BCUT2D eigenvalue weighted by Crippen LogP contribution is 2.36. The zero-order chi connectivity index (χ0) is 33.6. The lowest BCUT2D eigenvalue weighted by Gasteiger charge is -2.33. The number of carbonyl (C=O) groups excluding carboxylic acids is 3. The average Bonchev–Trinajstić information content (AvgIpc) is 3.95. The van der Waals surface area contributed by atoms with Gasteiger partial charge in [-0.3, -0.25) is 14.4 Å². The van der Waals surface area contributed by atoms with Crippen LogP contribution < -0.4 is 10.6 Å². The first-order valence-corrected chi connectivity index (χ1v) is 18.2. The lowest BCUT2D eigenvalue weighted by molar-refractivity contribution is -0.137. The van der Waals surface area contributed by atoms with E-state index in [1.54, 1.807) is 11.9 Å². The summed E-state index contributed by atoms with van der Waals surface area (Å²) in [4.78, 5) is 45.3. The second-order valence-corrected chi connectivity index (χ2v) is 14.3. The van der Waals surface area contributed by atoms with Crippen molar-refractivity contribution in [3.8, 4) is 12.3 Å². The van der Waals surface area contributed by atoms with Crippen LogP contribution in [0.5, 0.6) is 0 Å². The molecular weight excluding hydrogens is 592 g/mol. The van der Waals surface area contributed by atoms with Crippen LogP contribution in [0.1, 0.15) is 95.5 Å². The Morgan fingerprint density at radius 1 is 0.957 bits per heavy atom. The first-order valence-electron chi connectivity index (χ1n) is 18.2. The summed E-state index contributed by atoms with van der Waals surface area (Å²) in [5.41, 5.74) is 0.936. The third kappa shape index (κ3) is 12.2. The van der Waals surface area contributed by atoms with Crippen LogP contribution in [0.15, 0.2) is 30.3 Å². The lowest BCUT2D eigenvalue weighted by Crippen LogP contribution is -2.56. The largest absolute Gasteiger partial charge is 0.390 e. The van der Waals surface area contributed by atoms with Crippen molar-refractivity contribution in [3.05, 3.63) is 35.9 Å². The Hall–Kier alpha value is -2.93. The topological polar surface area (TPSA) is 122 Å². The number of benzene rings is 1. The van der Waals surface area contributed by atoms with Crippen molar-refractivity contribution in [2.24, 2.45) is 17.8 Å². The maximum atomic E-state index is 13.9. The summed E-state index contributed by atoms with van der Waals surface area (Å²) < 4.78 is 0. The zero-order valence-corrected chi connectivity index (χ0v) is 28.5. The van der Waals surface area contributed by atoms with Crippen molar-refractivity contribution in [2.75, 3.05) is 33.2 Å². The van der Waals surface area contributed by atoms with E-state index in [-0.39, 0.29) is 37.0 Å². The molecule has 1 aromatic rings. The number of aliphatic hydroxyl groups is 2. The SMILES string of the molecule is C#CCC[C@H](NC(=O)C(CC(=O)N(C)CCN1CCCCC1)Cc1ccccc1)C(=O)N[C@@H](CC1CCCCC1)C(O)[C@@H](O)C1CC1. The number of nitrogens with one attached hydrogen (secondary N) is 2. The van der Waals surface area contributed by atoms with Gasteiger partial charge in [-0.15, -0.1) is 12.3 Å². The van der Waals surface area contributed by atoms with Crippen LogP contribution in [0, 0.1) is 30.1 Å². The highest BCUT2D eigenvalue weighted by Gasteiger charge is 2.40. The van der Waals surface area contributed by atoms with E-state index in [1.165, 1.54) is 25.7 Å². The first-order chi connectivity index (χ1) is 22.7. The second kappa shape index (κ2) is 19.2. The van der Waals surface area contributed by atoms with Crippen molar-refractivity contribution in [2.45, 2.75) is 121 Å². The van der Waals surface area contributed by atoms with Gasteiger partial charge in [0.05, 0.1) is 18.1 Å². The molecule has 0 spiro atoms. The average molecular weight is 651 g/mol. The fourth-order valence-electron chi connectivity index (χ4n) is 7.21. The number of rotatable bonds is 18. The normalized spacial score (nSPS) is 20.6. The Labute approximate surface area is 282 Å². The number of hydrogen-bond donors (Lipinski definition) is 4. The minimum atomic E-state index is -1.08. The Morgan fingerprint density at radius 2 is 1.64 bits per heavy atom. The second-order valence-electron chi connectivity index (χ2n) is 14.3. The molecule has 4 rings (SSSR count). The van der Waals surface area contributed by atoms with Gasteiger partial charge in [0, 0.05) is 33.0 Å². The Morgan fingerprint density at radius 3 is 2.30 bits per heavy atom. The van der Waals surface area contributed by atoms with E-state index in [2.05, 4.69) is 21.5 Å². The molecular formula is C38H58N4O5. The van der Waals surface area contributed by atoms with Crippen LogP contribution in [0.25, 0.3) is 0 Å². The number of likely N-dealkylation sites (tertiary alicyclic amines) is 1. The third-order valence-electron chi connectivity index (χ3n) is 10.5. The molecule has 0 radical (unpaired) electrons. The highest BCUT2D eigenvalue weighted by molar-refractivity contribution is 5.91. The summed E-state index contributed by atoms with van der Waals surface area (Å²) in [6.07, 6.45) is 16.0. The molecule has 1 aromatic carbocycles. The quantitative estimate of drug-likeness (QED) is 0.180. The molecule has 9 heteroatoms. The standard InChI is InChI=1S/C38H58N4O5/c1-3-4-18-32(38(47)40-33(26-29-16-10-6-11-17-29)36(45)35(44)30-19-20-30)39-37(46)31(25-28-14-8-5-9-15-28)27-34(43)41(2)23-24-42-21-12-7-13-22-42/h1,5,8-9,14-15,29-33,35-36,44-45H,4,6-7,10-13,16-27H2,2H3,(H,39,46)(H,40,47)/t31?,32-,33-,35-,36?/m0/s1. The monoisotopic (exact) mass is 650 g/mol. The molecule has 2 saturated carbocycles. The summed E-state index contributed by atoms with van der Waals surface area (Å²) in [6.45, 7) is 3.53. The predicted molar refractivity (Wildman–Crippen MR) is 184 cm³/mol. The van der Waals surface area contributed by atoms with Crippen LogP contribution in [-0.4, -0.2) is 95.3 Å². The van der Waals surface area contributed by atoms with Gasteiger partial charge in [-0.1, -0.05) is 68.9 Å². The Kier molecular flexibility index (Phi) is 15.0. The Bertz CT molecular complexity index is 1160. The summed E-state index contributed by atoms with van der Waals surface area (Å²) in [5.74, 6) is 1.43. The summed E-state index contributed by atoms with van der Waals surface area (Å²) in [5, 5.41) is 28.0. The molecule has 2 aliphatic carbocycles. The maximum Gasteiger partial charge on any atom is 0.242 e. The molecule has 1 aliphatic heterocycles. The molecule has 3 fully saturated rings. The van der Waals surface area contributed by atoms with Crippen molar-refractivity contribution in [1.82, 2.24) is 20.4 Å². The molecule has 5 atom stereocenters. The fourth-order valence-corrected chi connectivity index (χ4v) is 7.21. The lowest BCUT2D eigenvalue weighted by atomic mass is 9.82. The number of aliphatic hydroxyl groups excluding tert-OH is 2. The van der Waals surface area contributed by atoms with Gasteiger partial charge in [0.2, 0.25) is 17.7 Å². The summed E-state index contributed by atoms with van der Waals surface area (Å²) in [7, 11) is 1.79. The zero-order valence-electron chi connectivity index (χ0n) is 28.5. The summed E-state index contributed by atoms with van der Waals surface area (Å²) >= 11 is 0. The van der Waals surface area contributed by atoms with Crippen molar-refractivity contribution in [3.63, 3.8) is 0 Å². The minimum Gasteiger partial charge on any atom is -0.390 e. The van der Waals surface area contributed by atoms with Crippen molar-refractivity contribution >= 4 is 17.7 Å². The molecule has 2 unspecified atom stereocenters. The van der Waals surface area contributed by atoms with Crippen LogP contribution >= 0.6 is 0 Å². The van der Waals surface area contributed by atoms with E-state index in [0.29, 0.717) is 25.3 Å². The van der Waals surface area contributed by atoms with Crippen LogP contribution in [0.4, 0.5) is 0 Å². The van der Waals surface area contributed by atoms with Gasteiger partial charge >= 0.3 is 0 Å². The molecule has 0 aromatic heterocycles. The van der Waals surface area contributed by atoms with Gasteiger partial charge in [-0.05, 0) is 75.4 Å². The van der Waals surface area contributed by atoms with Gasteiger partial charge in [0.15, 0.2) is 0 Å². The summed E-state index contributed by atoms with van der Waals surface area (Å²) in [6, 6.07) is 8.06. The van der Waals surface area contributed by atoms with Crippen LogP contribution in [0.2, 0.25) is 0 Å². The van der Waals surface area contributed by atoms with Gasteiger partial charge in [0.1, 0.15) is 12.1 Å². The number of terminal acetylenes is 1. The van der Waals surface area contributed by atoms with Crippen molar-refractivity contribution < 1.29 is 24.6 Å². The number of piperidine rings is 1. The molecule has 3 aliphatic rings. The molecule has 9 nitrogen and oxygen atoms in total. The third-order valence-corrected chi connectivity index (χ3v) is 10.5. The van der Waals surface area contributed by atoms with E-state index < -0.39 is 36.1 Å². The van der Waals surface area contributed by atoms with Gasteiger partial charge in [0.25, 0.3) is 0 Å². The van der Waals surface area contributed by atoms with Crippen molar-refractivity contribution in [1.29, 1.82) is 0 Å². The maximum absolute atomic E-state index is 13.9. The van der Waals surface area contributed by atoms with E-state index >= 15 is 0 Å². The van der Waals surface area contributed by atoms with Gasteiger partial charge in [-0.25, -0.2) is 0 Å². The van der Waals surface area contributed by atoms with Gasteiger partial charge in [-0.2, -0.15) is 0 Å². The fraction of sp³-hybridized carbons (Fsp3) is 0.711. The minimum absolute atomic E-state index is 0.0251. The highest BCUT2D eigenvalue weighted by atomic mass is 16.3. The van der Waals surface area contributed by atoms with Gasteiger partial charge < -0.3 is 30.6 Å². The molecule has 1 heterocycles. The number of carbonyl (C=O) groups is 3. The molecule has 260 valence electrons. The predicted octanol–water partition coefficient (Wildman–Crippen LogP) is 3.66. The molecule has 0 bridgehead atoms. The van der Waals surface area contributed by atoms with E-state index in [9.17, 15) is 24.6 Å². The Balaban J connectivity index is 1.44. The molecule has 1 saturated heterocycles. The molecule has 3 amide bonds. The number of likely N-dealkylation sites (N-methyl/N-ethyl adjacent to an activating group) is 1. The van der Waals surface area contributed by atoms with Crippen LogP contribution in [-0.2, 0) is 20.8 Å². The first kappa shape index (κ1) is 36.9. The van der Waals surface area contributed by atoms with E-state index in [4.69, 9.17) is 6.42 Å². The molecule has 4 N–H and O–H groups in total.